The molecule has 0 aliphatic rings. The fraction of sp³-hybridized carbons (Fsp3) is 1.00. The van der Waals surface area contributed by atoms with E-state index in [1.54, 1.807) is 0 Å². The molecule has 24 heavy (non-hydrogen) atoms. The van der Waals surface area contributed by atoms with Crippen molar-refractivity contribution < 1.29 is 176 Å². The van der Waals surface area contributed by atoms with Gasteiger partial charge in [-0.05, 0) is 0 Å². The van der Waals surface area contributed by atoms with Crippen LogP contribution in [0.2, 0.25) is 0 Å². The van der Waals surface area contributed by atoms with Crippen LogP contribution in [0.1, 0.15) is 0 Å². The summed E-state index contributed by atoms with van der Waals surface area (Å²) in [5.41, 5.74) is 0. The Balaban J connectivity index is -0.0000000579. The molecule has 0 heterocycles. The Labute approximate surface area is 227 Å². The summed E-state index contributed by atoms with van der Waals surface area (Å²) in [6.45, 7) is -2.74. The Bertz CT molecular complexity index is 334. The molecule has 0 amide bonds. The standard InChI is InChI=1S/2C3H9O6P.4Na/c4-1-3(5)2-9-10(6,7)8;4-1-3(2-5)9-10(6,7)8;;;;/h2*3-5H,1-2H2,(H2,6,7,8);;;;/q;;4*+1/p-4. The van der Waals surface area contributed by atoms with Crippen LogP contribution in [0.4, 0.5) is 0 Å². The maximum Gasteiger partial charge on any atom is 1.00 e. The summed E-state index contributed by atoms with van der Waals surface area (Å²) in [4.78, 5) is 39.0. The second-order valence-corrected chi connectivity index (χ2v) is 5.38. The minimum atomic E-state index is -5.07. The van der Waals surface area contributed by atoms with Crippen molar-refractivity contribution in [1.82, 2.24) is 0 Å². The molecule has 124 valence electrons. The van der Waals surface area contributed by atoms with Crippen molar-refractivity contribution in [2.45, 2.75) is 12.2 Å². The van der Waals surface area contributed by atoms with Gasteiger partial charge in [0, 0.05) is 0 Å². The van der Waals surface area contributed by atoms with Gasteiger partial charge in [0.15, 0.2) is 0 Å². The molecule has 1 atom stereocenters. The molecule has 0 aliphatic heterocycles. The third-order valence-electron chi connectivity index (χ3n) is 1.32. The van der Waals surface area contributed by atoms with Crippen molar-refractivity contribution in [2.24, 2.45) is 0 Å². The fourth-order valence-corrected chi connectivity index (χ4v) is 1.39. The summed E-state index contributed by atoms with van der Waals surface area (Å²) in [7, 11) is -10.1. The van der Waals surface area contributed by atoms with Crippen LogP contribution in [0.15, 0.2) is 0 Å². The van der Waals surface area contributed by atoms with E-state index < -0.39 is 54.3 Å². The predicted molar refractivity (Wildman–Crippen MR) is 53.3 cm³/mol. The van der Waals surface area contributed by atoms with Crippen molar-refractivity contribution in [1.29, 1.82) is 0 Å². The molecule has 0 saturated carbocycles. The number of phosphoric acid groups is 2. The van der Waals surface area contributed by atoms with E-state index in [2.05, 4.69) is 9.05 Å². The van der Waals surface area contributed by atoms with Gasteiger partial charge in [0.05, 0.1) is 42.1 Å². The smallest absolute Gasteiger partial charge is 0.790 e. The summed E-state index contributed by atoms with van der Waals surface area (Å²) in [5, 5.41) is 33.0. The number of aliphatic hydroxyl groups excluding tert-OH is 4. The molecular formula is C6H14Na4O12P2. The summed E-state index contributed by atoms with van der Waals surface area (Å²) >= 11 is 0. The van der Waals surface area contributed by atoms with Gasteiger partial charge in [-0.1, -0.05) is 0 Å². The van der Waals surface area contributed by atoms with Crippen LogP contribution in [0.25, 0.3) is 0 Å². The van der Waals surface area contributed by atoms with Gasteiger partial charge < -0.3 is 58.2 Å². The molecule has 0 aromatic heterocycles. The van der Waals surface area contributed by atoms with Gasteiger partial charge in [0.25, 0.3) is 0 Å². The van der Waals surface area contributed by atoms with E-state index in [4.69, 9.17) is 20.4 Å². The van der Waals surface area contributed by atoms with Crippen LogP contribution in [0.5, 0.6) is 0 Å². The SMILES string of the molecule is O=P([O-])([O-])OC(CO)CO.O=P([O-])([O-])OCC(O)CO.[Na+].[Na+].[Na+].[Na+]. The second kappa shape index (κ2) is 23.3. The third-order valence-corrected chi connectivity index (χ3v) is 2.34. The van der Waals surface area contributed by atoms with Gasteiger partial charge in [0.2, 0.25) is 0 Å². The minimum absolute atomic E-state index is 0. The average Bonchev–Trinajstić information content (AvgIpc) is 2.31. The maximum atomic E-state index is 9.79. The number of rotatable bonds is 8. The van der Waals surface area contributed by atoms with E-state index in [-0.39, 0.29) is 118 Å². The van der Waals surface area contributed by atoms with Gasteiger partial charge in [-0.15, -0.1) is 0 Å². The van der Waals surface area contributed by atoms with Gasteiger partial charge in [-0.25, -0.2) is 0 Å². The Morgan fingerprint density at radius 3 is 1.33 bits per heavy atom. The van der Waals surface area contributed by atoms with E-state index in [1.165, 1.54) is 0 Å². The molecule has 18 heteroatoms. The van der Waals surface area contributed by atoms with Crippen molar-refractivity contribution in [3.8, 4) is 0 Å². The summed E-state index contributed by atoms with van der Waals surface area (Å²) in [6, 6.07) is 0. The van der Waals surface area contributed by atoms with Crippen molar-refractivity contribution in [3.63, 3.8) is 0 Å². The Kier molecular flexibility index (Phi) is 41.1. The Morgan fingerprint density at radius 2 is 1.17 bits per heavy atom. The van der Waals surface area contributed by atoms with E-state index in [9.17, 15) is 28.7 Å². The van der Waals surface area contributed by atoms with Crippen LogP contribution >= 0.6 is 15.6 Å². The zero-order valence-electron chi connectivity index (χ0n) is 13.9. The number of aliphatic hydroxyl groups is 4. The molecule has 0 aliphatic carbocycles. The normalized spacial score (nSPS) is 11.5. The fourth-order valence-electron chi connectivity index (χ4n) is 0.537. The molecule has 0 spiro atoms. The summed E-state index contributed by atoms with van der Waals surface area (Å²) < 4.78 is 26.8. The first-order chi connectivity index (χ1) is 8.95. The number of phosphoric ester groups is 2. The van der Waals surface area contributed by atoms with E-state index in [0.29, 0.717) is 0 Å². The average molecular weight is 432 g/mol. The summed E-state index contributed by atoms with van der Waals surface area (Å²) in [6.07, 6.45) is -2.66. The maximum absolute atomic E-state index is 9.79. The predicted octanol–water partition coefficient (Wildman–Crippen LogP) is -17.6. The molecule has 0 rings (SSSR count). The molecule has 0 saturated heterocycles. The van der Waals surface area contributed by atoms with E-state index in [1.807, 2.05) is 0 Å². The van der Waals surface area contributed by atoms with Gasteiger partial charge >= 0.3 is 118 Å². The molecule has 0 bridgehead atoms. The second-order valence-electron chi connectivity index (χ2n) is 3.12. The monoisotopic (exact) mass is 432 g/mol. The van der Waals surface area contributed by atoms with Crippen molar-refractivity contribution >= 4 is 15.6 Å². The van der Waals surface area contributed by atoms with Crippen molar-refractivity contribution in [2.75, 3.05) is 26.4 Å². The minimum Gasteiger partial charge on any atom is -0.790 e. The molecule has 0 fully saturated rings. The van der Waals surface area contributed by atoms with Crippen LogP contribution in [-0.2, 0) is 18.2 Å². The molecule has 0 radical (unpaired) electrons. The van der Waals surface area contributed by atoms with E-state index in [0.717, 1.165) is 0 Å². The molecule has 1 unspecified atom stereocenters. The van der Waals surface area contributed by atoms with Gasteiger partial charge in [0.1, 0.15) is 12.2 Å². The molecule has 12 nitrogen and oxygen atoms in total. The first-order valence-electron chi connectivity index (χ1n) is 4.82. The van der Waals surface area contributed by atoms with Gasteiger partial charge in [-0.3, -0.25) is 0 Å². The van der Waals surface area contributed by atoms with E-state index >= 15 is 0 Å². The quantitative estimate of drug-likeness (QED) is 0.207. The zero-order valence-corrected chi connectivity index (χ0v) is 23.7. The van der Waals surface area contributed by atoms with Crippen LogP contribution in [-0.4, -0.2) is 59.1 Å². The largest absolute Gasteiger partial charge is 1.00 e. The first kappa shape index (κ1) is 42.2. The van der Waals surface area contributed by atoms with Crippen molar-refractivity contribution in [3.05, 3.63) is 0 Å². The number of hydrogen-bond acceptors (Lipinski definition) is 12. The molecule has 0 aromatic rings. The third kappa shape index (κ3) is 36.9. The number of hydrogen-bond donors (Lipinski definition) is 4. The Hall–Kier alpha value is 4.06. The van der Waals surface area contributed by atoms with Crippen LogP contribution in [0.3, 0.4) is 0 Å². The molecular weight excluding hydrogens is 418 g/mol. The Morgan fingerprint density at radius 1 is 0.792 bits per heavy atom. The van der Waals surface area contributed by atoms with Crippen LogP contribution in [0, 0.1) is 0 Å². The van der Waals surface area contributed by atoms with Crippen LogP contribution < -0.4 is 138 Å². The summed E-state index contributed by atoms with van der Waals surface area (Å²) in [5.74, 6) is 0. The zero-order chi connectivity index (χ0) is 16.4. The molecule has 0 aromatic carbocycles. The molecule has 4 N–H and O–H groups in total. The topological polar surface area (TPSA) is 226 Å². The van der Waals surface area contributed by atoms with Gasteiger partial charge in [-0.2, -0.15) is 0 Å². The first-order valence-corrected chi connectivity index (χ1v) is 7.75.